The summed E-state index contributed by atoms with van der Waals surface area (Å²) in [5.74, 6) is 0.186. The van der Waals surface area contributed by atoms with Crippen molar-refractivity contribution < 1.29 is 13.6 Å². The molecule has 3 aromatic rings. The number of alkyl halides is 1. The van der Waals surface area contributed by atoms with Gasteiger partial charge in [-0.3, -0.25) is 9.78 Å². The maximum atomic E-state index is 15.5. The molecule has 0 aliphatic heterocycles. The number of fused-ring (bicyclic) bond motifs is 2. The number of pyridine rings is 1. The summed E-state index contributed by atoms with van der Waals surface area (Å²) in [5.41, 5.74) is 1.04. The minimum absolute atomic E-state index is 0.128. The molecule has 1 amide bonds. The lowest BCUT2D eigenvalue weighted by Crippen LogP contribution is -2.28. The predicted molar refractivity (Wildman–Crippen MR) is 118 cm³/mol. The molecule has 31 heavy (non-hydrogen) atoms. The number of carbonyl (C=O) groups is 1. The molecule has 4 atom stereocenters. The number of hydrogen-bond donors (Lipinski definition) is 1. The minimum atomic E-state index is -1.47. The summed E-state index contributed by atoms with van der Waals surface area (Å²) in [4.78, 5) is 16.8. The second-order valence-corrected chi connectivity index (χ2v) is 9.48. The molecule has 0 bridgehead atoms. The van der Waals surface area contributed by atoms with Crippen molar-refractivity contribution in [1.82, 2.24) is 4.98 Å². The predicted octanol–water partition coefficient (Wildman–Crippen LogP) is 6.67. The Morgan fingerprint density at radius 3 is 2.52 bits per heavy atom. The number of carbonyl (C=O) groups excluding carboxylic acids is 1. The summed E-state index contributed by atoms with van der Waals surface area (Å²) < 4.78 is 29.4. The Labute approximate surface area is 184 Å². The van der Waals surface area contributed by atoms with Crippen LogP contribution in [0.2, 0.25) is 5.02 Å². The van der Waals surface area contributed by atoms with E-state index in [4.69, 9.17) is 11.6 Å². The zero-order valence-electron chi connectivity index (χ0n) is 17.0. The number of amides is 1. The molecule has 0 radical (unpaired) electrons. The molecule has 0 spiro atoms. The van der Waals surface area contributed by atoms with Gasteiger partial charge in [0.05, 0.1) is 11.9 Å². The van der Waals surface area contributed by atoms with Gasteiger partial charge in [0.25, 0.3) is 0 Å². The standard InChI is InChI=1S/C25H23ClF2N2O/c26-18-1-4-20(5-2-18)30-24(31)14-25(28)12-16-9-15(10-17(16)13-25)21-7-8-29-23-6-3-19(27)11-22(21)23/h1-8,11,15-17H,9-10,12-14H2,(H,30,31)/t15?,16-,17?,25+/m1/s1. The summed E-state index contributed by atoms with van der Waals surface area (Å²) in [6.45, 7) is 0. The van der Waals surface area contributed by atoms with E-state index in [1.165, 1.54) is 6.07 Å². The van der Waals surface area contributed by atoms with Crippen LogP contribution in [-0.2, 0) is 4.79 Å². The Morgan fingerprint density at radius 1 is 1.10 bits per heavy atom. The van der Waals surface area contributed by atoms with Crippen LogP contribution >= 0.6 is 11.6 Å². The third-order valence-corrected chi connectivity index (χ3v) is 7.13. The van der Waals surface area contributed by atoms with Gasteiger partial charge in [-0.25, -0.2) is 8.78 Å². The van der Waals surface area contributed by atoms with E-state index in [0.29, 0.717) is 23.6 Å². The minimum Gasteiger partial charge on any atom is -0.326 e. The number of rotatable bonds is 4. The third-order valence-electron chi connectivity index (χ3n) is 6.88. The highest BCUT2D eigenvalue weighted by atomic mass is 35.5. The quantitative estimate of drug-likeness (QED) is 0.492. The average molecular weight is 441 g/mol. The van der Waals surface area contributed by atoms with Gasteiger partial charge < -0.3 is 5.32 Å². The summed E-state index contributed by atoms with van der Waals surface area (Å²) in [6.07, 6.45) is 4.18. The molecule has 5 rings (SSSR count). The lowest BCUT2D eigenvalue weighted by Gasteiger charge is -2.22. The topological polar surface area (TPSA) is 42.0 Å². The first-order valence-electron chi connectivity index (χ1n) is 10.7. The van der Waals surface area contributed by atoms with Gasteiger partial charge in [0, 0.05) is 22.3 Å². The highest BCUT2D eigenvalue weighted by molar-refractivity contribution is 6.30. The Bertz CT molecular complexity index is 1120. The molecule has 1 N–H and O–H groups in total. The number of hydrogen-bond acceptors (Lipinski definition) is 2. The fourth-order valence-corrected chi connectivity index (χ4v) is 5.78. The molecule has 2 fully saturated rings. The van der Waals surface area contributed by atoms with E-state index in [0.717, 1.165) is 29.3 Å². The first-order chi connectivity index (χ1) is 14.9. The Hall–Kier alpha value is -2.53. The highest BCUT2D eigenvalue weighted by Gasteiger charge is 2.51. The van der Waals surface area contributed by atoms with E-state index in [-0.39, 0.29) is 35.9 Å². The van der Waals surface area contributed by atoms with Gasteiger partial charge in [-0.1, -0.05) is 11.6 Å². The molecular weight excluding hydrogens is 418 g/mol. The molecule has 3 nitrogen and oxygen atoms in total. The van der Waals surface area contributed by atoms with Crippen LogP contribution in [0.1, 0.15) is 43.6 Å². The van der Waals surface area contributed by atoms with Crippen LogP contribution < -0.4 is 5.32 Å². The van der Waals surface area contributed by atoms with Crippen molar-refractivity contribution in [2.24, 2.45) is 11.8 Å². The van der Waals surface area contributed by atoms with E-state index in [9.17, 15) is 9.18 Å². The monoisotopic (exact) mass is 440 g/mol. The van der Waals surface area contributed by atoms with E-state index >= 15 is 4.39 Å². The number of benzene rings is 2. The van der Waals surface area contributed by atoms with Crippen LogP contribution in [0.3, 0.4) is 0 Å². The average Bonchev–Trinajstić information content (AvgIpc) is 3.23. The molecule has 160 valence electrons. The number of halogens is 3. The molecule has 6 heteroatoms. The van der Waals surface area contributed by atoms with Gasteiger partial charge in [0.15, 0.2) is 0 Å². The van der Waals surface area contributed by atoms with E-state index in [2.05, 4.69) is 10.3 Å². The van der Waals surface area contributed by atoms with Crippen molar-refractivity contribution >= 4 is 34.1 Å². The third kappa shape index (κ3) is 4.16. The molecule has 2 aliphatic rings. The summed E-state index contributed by atoms with van der Waals surface area (Å²) >= 11 is 5.86. The second-order valence-electron chi connectivity index (χ2n) is 9.04. The van der Waals surface area contributed by atoms with Gasteiger partial charge >= 0.3 is 0 Å². The van der Waals surface area contributed by atoms with Gasteiger partial charge in [-0.05, 0) is 97.5 Å². The number of anilines is 1. The van der Waals surface area contributed by atoms with Crippen molar-refractivity contribution in [3.8, 4) is 0 Å². The van der Waals surface area contributed by atoms with Crippen molar-refractivity contribution in [3.63, 3.8) is 0 Å². The molecule has 2 aliphatic carbocycles. The zero-order valence-corrected chi connectivity index (χ0v) is 17.7. The van der Waals surface area contributed by atoms with Crippen LogP contribution in [0.5, 0.6) is 0 Å². The van der Waals surface area contributed by atoms with Crippen molar-refractivity contribution in [1.29, 1.82) is 0 Å². The summed E-state index contributed by atoms with van der Waals surface area (Å²) in [6, 6.07) is 13.4. The molecule has 1 heterocycles. The Kier molecular flexibility index (Phi) is 5.17. The Morgan fingerprint density at radius 2 is 1.81 bits per heavy atom. The molecule has 2 unspecified atom stereocenters. The fraction of sp³-hybridized carbons (Fsp3) is 0.360. The van der Waals surface area contributed by atoms with Crippen LogP contribution in [0, 0.1) is 17.7 Å². The molecule has 0 saturated heterocycles. The number of aromatic nitrogens is 1. The second kappa shape index (κ2) is 7.86. The lowest BCUT2D eigenvalue weighted by atomic mass is 9.88. The largest absolute Gasteiger partial charge is 0.326 e. The van der Waals surface area contributed by atoms with Gasteiger partial charge in [-0.2, -0.15) is 0 Å². The molecule has 2 aromatic carbocycles. The molecule has 2 saturated carbocycles. The zero-order chi connectivity index (χ0) is 21.6. The van der Waals surface area contributed by atoms with Gasteiger partial charge in [0.1, 0.15) is 11.5 Å². The van der Waals surface area contributed by atoms with Crippen LogP contribution in [-0.4, -0.2) is 16.6 Å². The summed E-state index contributed by atoms with van der Waals surface area (Å²) in [5, 5.41) is 4.20. The maximum Gasteiger partial charge on any atom is 0.227 e. The van der Waals surface area contributed by atoms with E-state index in [1.54, 1.807) is 42.6 Å². The number of nitrogens with zero attached hydrogens (tertiary/aromatic N) is 1. The molecule has 1 aromatic heterocycles. The highest BCUT2D eigenvalue weighted by Crippen LogP contribution is 2.56. The van der Waals surface area contributed by atoms with Crippen molar-refractivity contribution in [2.45, 2.75) is 43.7 Å². The van der Waals surface area contributed by atoms with Crippen LogP contribution in [0.25, 0.3) is 10.9 Å². The normalized spacial score (nSPS) is 27.4. The first kappa shape index (κ1) is 20.4. The fourth-order valence-electron chi connectivity index (χ4n) is 5.66. The van der Waals surface area contributed by atoms with Crippen LogP contribution in [0.4, 0.5) is 14.5 Å². The summed E-state index contributed by atoms with van der Waals surface area (Å²) in [7, 11) is 0. The van der Waals surface area contributed by atoms with E-state index in [1.807, 2.05) is 6.07 Å². The van der Waals surface area contributed by atoms with Crippen molar-refractivity contribution in [3.05, 3.63) is 71.1 Å². The maximum absolute atomic E-state index is 15.5. The Balaban J connectivity index is 1.25. The van der Waals surface area contributed by atoms with E-state index < -0.39 is 5.67 Å². The van der Waals surface area contributed by atoms with Crippen molar-refractivity contribution in [2.75, 3.05) is 5.32 Å². The number of nitrogens with one attached hydrogen (secondary N) is 1. The smallest absolute Gasteiger partial charge is 0.227 e. The SMILES string of the molecule is O=C(C[C@@]1(F)CC2CC(c3ccnc4ccc(F)cc34)C[C@@H]2C1)Nc1ccc(Cl)cc1. The first-order valence-corrected chi connectivity index (χ1v) is 11.0. The van der Waals surface area contributed by atoms with Gasteiger partial charge in [0.2, 0.25) is 5.91 Å². The molecular formula is C25H23ClF2N2O. The van der Waals surface area contributed by atoms with Crippen LogP contribution in [0.15, 0.2) is 54.7 Å². The lowest BCUT2D eigenvalue weighted by molar-refractivity contribution is -0.118. The van der Waals surface area contributed by atoms with Gasteiger partial charge in [-0.15, -0.1) is 0 Å².